The molecule has 1 N–H and O–H groups in total. The zero-order valence-electron chi connectivity index (χ0n) is 10.9. The van der Waals surface area contributed by atoms with E-state index in [2.05, 4.69) is 17.2 Å². The summed E-state index contributed by atoms with van der Waals surface area (Å²) < 4.78 is 0. The smallest absolute Gasteiger partial charge is 0.0797 e. The van der Waals surface area contributed by atoms with Crippen LogP contribution in [0, 0.1) is 12.8 Å². The summed E-state index contributed by atoms with van der Waals surface area (Å²) in [4.78, 5) is 5.72. The van der Waals surface area contributed by atoms with Gasteiger partial charge < -0.3 is 5.32 Å². The predicted molar refractivity (Wildman–Crippen MR) is 74.6 cm³/mol. The van der Waals surface area contributed by atoms with Crippen LogP contribution < -0.4 is 5.32 Å². The number of hydrogen-bond donors (Lipinski definition) is 1. The van der Waals surface area contributed by atoms with Crippen molar-refractivity contribution in [1.82, 2.24) is 10.3 Å². The third kappa shape index (κ3) is 4.40. The van der Waals surface area contributed by atoms with Gasteiger partial charge in [-0.1, -0.05) is 32.1 Å². The van der Waals surface area contributed by atoms with Crippen molar-refractivity contribution in [3.8, 4) is 0 Å². The fourth-order valence-electron chi connectivity index (χ4n) is 2.68. The Kier molecular flexibility index (Phi) is 5.46. The summed E-state index contributed by atoms with van der Waals surface area (Å²) in [6, 6.07) is 0. The summed E-state index contributed by atoms with van der Waals surface area (Å²) in [5.74, 6) is 1.00. The fourth-order valence-corrected chi connectivity index (χ4v) is 3.46. The molecule has 17 heavy (non-hydrogen) atoms. The van der Waals surface area contributed by atoms with Crippen LogP contribution in [0.2, 0.25) is 0 Å². The number of nitrogens with zero attached hydrogens (tertiary/aromatic N) is 1. The van der Waals surface area contributed by atoms with Gasteiger partial charge in [0.1, 0.15) is 0 Å². The van der Waals surface area contributed by atoms with Crippen LogP contribution >= 0.6 is 11.3 Å². The lowest BCUT2D eigenvalue weighted by molar-refractivity contribution is 0.334. The zero-order chi connectivity index (χ0) is 11.9. The van der Waals surface area contributed by atoms with Gasteiger partial charge >= 0.3 is 0 Å². The van der Waals surface area contributed by atoms with Gasteiger partial charge in [0.2, 0.25) is 0 Å². The van der Waals surface area contributed by atoms with Crippen molar-refractivity contribution in [2.75, 3.05) is 13.1 Å². The average Bonchev–Trinajstić information content (AvgIpc) is 2.76. The summed E-state index contributed by atoms with van der Waals surface area (Å²) in [5.41, 5.74) is 3.16. The molecule has 1 fully saturated rings. The van der Waals surface area contributed by atoms with Crippen LogP contribution in [-0.2, 0) is 6.42 Å². The highest BCUT2D eigenvalue weighted by atomic mass is 32.1. The highest BCUT2D eigenvalue weighted by molar-refractivity contribution is 7.09. The number of hydrogen-bond acceptors (Lipinski definition) is 3. The monoisotopic (exact) mass is 252 g/mol. The summed E-state index contributed by atoms with van der Waals surface area (Å²) >= 11 is 1.78. The molecule has 0 unspecified atom stereocenters. The van der Waals surface area contributed by atoms with Gasteiger partial charge in [-0.2, -0.15) is 0 Å². The first-order chi connectivity index (χ1) is 8.36. The van der Waals surface area contributed by atoms with Crippen LogP contribution in [0.4, 0.5) is 0 Å². The van der Waals surface area contributed by atoms with Crippen molar-refractivity contribution < 1.29 is 0 Å². The molecule has 0 amide bonds. The van der Waals surface area contributed by atoms with Crippen LogP contribution in [0.15, 0.2) is 5.51 Å². The summed E-state index contributed by atoms with van der Waals surface area (Å²) in [6.07, 6.45) is 9.85. The number of aromatic nitrogens is 1. The molecule has 0 spiro atoms. The molecule has 1 aromatic heterocycles. The van der Waals surface area contributed by atoms with Crippen molar-refractivity contribution in [1.29, 1.82) is 0 Å². The third-order valence-corrected chi connectivity index (χ3v) is 4.82. The number of nitrogens with one attached hydrogen (secondary N) is 1. The molecule has 1 aliphatic rings. The zero-order valence-corrected chi connectivity index (χ0v) is 11.7. The normalized spacial score (nSPS) is 17.5. The van der Waals surface area contributed by atoms with E-state index < -0.39 is 0 Å². The predicted octanol–water partition coefficient (Wildman–Crippen LogP) is 3.55. The molecule has 0 bridgehead atoms. The molecule has 1 saturated carbocycles. The van der Waals surface area contributed by atoms with Gasteiger partial charge in [0.25, 0.3) is 0 Å². The highest BCUT2D eigenvalue weighted by Gasteiger charge is 2.12. The molecule has 0 radical (unpaired) electrons. The Morgan fingerprint density at radius 1 is 1.29 bits per heavy atom. The molecule has 3 heteroatoms. The second-order valence-corrected chi connectivity index (χ2v) is 6.09. The van der Waals surface area contributed by atoms with E-state index in [4.69, 9.17) is 0 Å². The molecule has 2 rings (SSSR count). The van der Waals surface area contributed by atoms with Gasteiger partial charge in [0, 0.05) is 11.4 Å². The minimum Gasteiger partial charge on any atom is -0.316 e. The second kappa shape index (κ2) is 7.12. The van der Waals surface area contributed by atoms with Gasteiger partial charge in [-0.15, -0.1) is 11.3 Å². The molecule has 0 aromatic carbocycles. The van der Waals surface area contributed by atoms with Gasteiger partial charge in [-0.25, -0.2) is 4.98 Å². The molecule has 0 atom stereocenters. The van der Waals surface area contributed by atoms with E-state index in [0.717, 1.165) is 18.9 Å². The lowest BCUT2D eigenvalue weighted by atomic mass is 9.87. The minimum atomic E-state index is 1.00. The lowest BCUT2D eigenvalue weighted by Gasteiger charge is -2.21. The Morgan fingerprint density at radius 2 is 2.12 bits per heavy atom. The molecule has 1 aromatic rings. The third-order valence-electron chi connectivity index (χ3n) is 3.83. The Labute approximate surface area is 109 Å². The van der Waals surface area contributed by atoms with Crippen molar-refractivity contribution in [2.45, 2.75) is 51.9 Å². The van der Waals surface area contributed by atoms with Gasteiger partial charge in [-0.3, -0.25) is 0 Å². The largest absolute Gasteiger partial charge is 0.316 e. The molecule has 2 nitrogen and oxygen atoms in total. The minimum absolute atomic E-state index is 1.00. The van der Waals surface area contributed by atoms with Gasteiger partial charge in [-0.05, 0) is 32.2 Å². The first kappa shape index (κ1) is 13.0. The number of aryl methyl sites for hydroxylation is 1. The van der Waals surface area contributed by atoms with E-state index in [1.807, 2.05) is 5.51 Å². The first-order valence-electron chi connectivity index (χ1n) is 6.96. The molecule has 0 saturated heterocycles. The van der Waals surface area contributed by atoms with Crippen molar-refractivity contribution in [3.05, 3.63) is 16.1 Å². The Balaban J connectivity index is 1.53. The SMILES string of the molecule is Cc1ncsc1CCNCCC1CCCCC1. The van der Waals surface area contributed by atoms with E-state index in [9.17, 15) is 0 Å². The van der Waals surface area contributed by atoms with E-state index in [0.29, 0.717) is 0 Å². The topological polar surface area (TPSA) is 24.9 Å². The molecular formula is C14H24N2S. The van der Waals surface area contributed by atoms with Crippen LogP contribution in [0.25, 0.3) is 0 Å². The maximum Gasteiger partial charge on any atom is 0.0797 e. The van der Waals surface area contributed by atoms with E-state index in [-0.39, 0.29) is 0 Å². The molecular weight excluding hydrogens is 228 g/mol. The Morgan fingerprint density at radius 3 is 2.82 bits per heavy atom. The first-order valence-corrected chi connectivity index (χ1v) is 7.84. The van der Waals surface area contributed by atoms with Crippen LogP contribution in [0.3, 0.4) is 0 Å². The maximum atomic E-state index is 4.28. The Hall–Kier alpha value is -0.410. The highest BCUT2D eigenvalue weighted by Crippen LogP contribution is 2.25. The standard InChI is InChI=1S/C14H24N2S/c1-12-14(17-11-16-12)8-10-15-9-7-13-5-3-2-4-6-13/h11,13,15H,2-10H2,1H3. The average molecular weight is 252 g/mol. The van der Waals surface area contributed by atoms with Crippen LogP contribution in [0.1, 0.15) is 49.1 Å². The Bertz CT molecular complexity index is 316. The molecule has 0 aliphatic heterocycles. The van der Waals surface area contributed by atoms with Crippen molar-refractivity contribution in [2.24, 2.45) is 5.92 Å². The second-order valence-electron chi connectivity index (χ2n) is 5.15. The molecule has 1 heterocycles. The van der Waals surface area contributed by atoms with E-state index >= 15 is 0 Å². The van der Waals surface area contributed by atoms with E-state index in [1.165, 1.54) is 55.6 Å². The van der Waals surface area contributed by atoms with Crippen molar-refractivity contribution >= 4 is 11.3 Å². The van der Waals surface area contributed by atoms with Crippen LogP contribution in [-0.4, -0.2) is 18.1 Å². The summed E-state index contributed by atoms with van der Waals surface area (Å²) in [6.45, 7) is 4.41. The lowest BCUT2D eigenvalue weighted by Crippen LogP contribution is -2.21. The number of rotatable bonds is 6. The van der Waals surface area contributed by atoms with Crippen molar-refractivity contribution in [3.63, 3.8) is 0 Å². The maximum absolute atomic E-state index is 4.28. The molecule has 1 aliphatic carbocycles. The van der Waals surface area contributed by atoms with E-state index in [1.54, 1.807) is 11.3 Å². The van der Waals surface area contributed by atoms with Gasteiger partial charge in [0.05, 0.1) is 11.2 Å². The summed E-state index contributed by atoms with van der Waals surface area (Å²) in [7, 11) is 0. The van der Waals surface area contributed by atoms with Crippen LogP contribution in [0.5, 0.6) is 0 Å². The van der Waals surface area contributed by atoms with Gasteiger partial charge in [0.15, 0.2) is 0 Å². The quantitative estimate of drug-likeness (QED) is 0.783. The number of thiazole rings is 1. The fraction of sp³-hybridized carbons (Fsp3) is 0.786. The molecule has 96 valence electrons. The summed E-state index contributed by atoms with van der Waals surface area (Å²) in [5, 5.41) is 3.58.